The summed E-state index contributed by atoms with van der Waals surface area (Å²) in [5.41, 5.74) is 1.06. The summed E-state index contributed by atoms with van der Waals surface area (Å²) in [6.45, 7) is 6.34. The summed E-state index contributed by atoms with van der Waals surface area (Å²) in [5.74, 6) is 2.24. The van der Waals surface area contributed by atoms with Crippen molar-refractivity contribution in [1.82, 2.24) is 10.6 Å². The molecule has 7 heteroatoms. The van der Waals surface area contributed by atoms with Gasteiger partial charge < -0.3 is 29.6 Å². The highest BCUT2D eigenvalue weighted by Gasteiger charge is 2.04. The van der Waals surface area contributed by atoms with E-state index in [9.17, 15) is 0 Å². The molecule has 0 saturated carbocycles. The highest BCUT2D eigenvalue weighted by Crippen LogP contribution is 2.27. The Bertz CT molecular complexity index is 524. The van der Waals surface area contributed by atoms with E-state index in [0.29, 0.717) is 25.5 Å². The second-order valence-electron chi connectivity index (χ2n) is 5.62. The van der Waals surface area contributed by atoms with Crippen molar-refractivity contribution in [2.75, 3.05) is 54.2 Å². The first-order valence-electron chi connectivity index (χ1n) is 9.04. The fourth-order valence-corrected chi connectivity index (χ4v) is 2.27. The molecule has 1 rings (SSSR count). The third kappa shape index (κ3) is 8.92. The van der Waals surface area contributed by atoms with Gasteiger partial charge in [-0.25, -0.2) is 4.99 Å². The Balaban J connectivity index is 2.41. The number of unbranched alkanes of at least 4 members (excludes halogenated alkanes) is 1. The van der Waals surface area contributed by atoms with E-state index in [-0.39, 0.29) is 0 Å². The van der Waals surface area contributed by atoms with Crippen molar-refractivity contribution < 1.29 is 18.9 Å². The van der Waals surface area contributed by atoms with Gasteiger partial charge in [0.05, 0.1) is 34.0 Å². The monoisotopic (exact) mass is 367 g/mol. The van der Waals surface area contributed by atoms with Gasteiger partial charge in [0.15, 0.2) is 17.5 Å². The molecule has 7 nitrogen and oxygen atoms in total. The number of nitrogens with one attached hydrogen (secondary N) is 2. The molecule has 0 amide bonds. The number of ether oxygens (including phenoxy) is 4. The summed E-state index contributed by atoms with van der Waals surface area (Å²) in [5, 5.41) is 6.60. The molecular formula is C19H33N3O4. The summed E-state index contributed by atoms with van der Waals surface area (Å²) < 4.78 is 21.0. The molecular weight excluding hydrogens is 334 g/mol. The van der Waals surface area contributed by atoms with E-state index in [4.69, 9.17) is 18.9 Å². The van der Waals surface area contributed by atoms with E-state index in [1.54, 1.807) is 21.3 Å². The van der Waals surface area contributed by atoms with Crippen LogP contribution in [0.1, 0.15) is 25.3 Å². The van der Waals surface area contributed by atoms with Crippen LogP contribution in [0.5, 0.6) is 11.5 Å². The van der Waals surface area contributed by atoms with Gasteiger partial charge in [-0.15, -0.1) is 0 Å². The predicted molar refractivity (Wildman–Crippen MR) is 104 cm³/mol. The minimum Gasteiger partial charge on any atom is -0.493 e. The first-order valence-corrected chi connectivity index (χ1v) is 9.04. The minimum atomic E-state index is 0.565. The van der Waals surface area contributed by atoms with Crippen LogP contribution in [-0.2, 0) is 16.0 Å². The second kappa shape index (κ2) is 14.2. The van der Waals surface area contributed by atoms with Gasteiger partial charge in [0.1, 0.15) is 0 Å². The van der Waals surface area contributed by atoms with Crippen LogP contribution in [0.25, 0.3) is 0 Å². The summed E-state index contributed by atoms with van der Waals surface area (Å²) >= 11 is 0. The zero-order valence-electron chi connectivity index (χ0n) is 16.5. The molecule has 0 bridgehead atoms. The van der Waals surface area contributed by atoms with Gasteiger partial charge in [0.2, 0.25) is 0 Å². The number of guanidine groups is 1. The van der Waals surface area contributed by atoms with Crippen molar-refractivity contribution in [2.24, 2.45) is 4.99 Å². The van der Waals surface area contributed by atoms with Crippen LogP contribution in [0.4, 0.5) is 0 Å². The number of benzene rings is 1. The molecule has 0 atom stereocenters. The maximum atomic E-state index is 5.45. The Morgan fingerprint density at radius 2 is 1.77 bits per heavy atom. The Hall–Kier alpha value is -1.99. The molecule has 0 aromatic heterocycles. The van der Waals surface area contributed by atoms with Crippen LogP contribution in [0.2, 0.25) is 0 Å². The molecule has 0 aliphatic rings. The SMILES string of the molecule is CCNC(=NCc1ccc(OC)c(OC)c1)NCCCCOCCOC. The fourth-order valence-electron chi connectivity index (χ4n) is 2.27. The Morgan fingerprint density at radius 1 is 0.962 bits per heavy atom. The lowest BCUT2D eigenvalue weighted by Crippen LogP contribution is -2.37. The molecule has 0 saturated heterocycles. The van der Waals surface area contributed by atoms with Gasteiger partial charge in [-0.05, 0) is 37.5 Å². The number of aliphatic imine (C=N–C) groups is 1. The first-order chi connectivity index (χ1) is 12.7. The number of hydrogen-bond donors (Lipinski definition) is 2. The molecule has 0 aliphatic carbocycles. The Morgan fingerprint density at radius 3 is 2.46 bits per heavy atom. The van der Waals surface area contributed by atoms with Gasteiger partial charge in [-0.2, -0.15) is 0 Å². The molecule has 148 valence electrons. The zero-order chi connectivity index (χ0) is 19.0. The van der Waals surface area contributed by atoms with Gasteiger partial charge in [-0.1, -0.05) is 6.07 Å². The second-order valence-corrected chi connectivity index (χ2v) is 5.62. The third-order valence-corrected chi connectivity index (χ3v) is 3.65. The molecule has 1 aromatic carbocycles. The van der Waals surface area contributed by atoms with Crippen molar-refractivity contribution in [1.29, 1.82) is 0 Å². The van der Waals surface area contributed by atoms with Gasteiger partial charge >= 0.3 is 0 Å². The largest absolute Gasteiger partial charge is 0.493 e. The molecule has 0 spiro atoms. The smallest absolute Gasteiger partial charge is 0.191 e. The molecule has 0 heterocycles. The molecule has 0 aliphatic heterocycles. The fraction of sp³-hybridized carbons (Fsp3) is 0.632. The standard InChI is InChI=1S/C19H33N3O4/c1-5-20-19(21-10-6-7-11-26-13-12-23-2)22-15-16-8-9-17(24-3)18(14-16)25-4/h8-9,14H,5-7,10-13,15H2,1-4H3,(H2,20,21,22). The Kier molecular flexibility index (Phi) is 12.1. The van der Waals surface area contributed by atoms with Crippen molar-refractivity contribution in [3.63, 3.8) is 0 Å². The zero-order valence-corrected chi connectivity index (χ0v) is 16.5. The average molecular weight is 367 g/mol. The highest BCUT2D eigenvalue weighted by atomic mass is 16.5. The van der Waals surface area contributed by atoms with Crippen molar-refractivity contribution in [2.45, 2.75) is 26.3 Å². The lowest BCUT2D eigenvalue weighted by atomic mass is 10.2. The van der Waals surface area contributed by atoms with Gasteiger partial charge in [0, 0.05) is 26.8 Å². The highest BCUT2D eigenvalue weighted by molar-refractivity contribution is 5.79. The van der Waals surface area contributed by atoms with Gasteiger partial charge in [0.25, 0.3) is 0 Å². The minimum absolute atomic E-state index is 0.565. The van der Waals surface area contributed by atoms with Crippen LogP contribution in [0.3, 0.4) is 0 Å². The van der Waals surface area contributed by atoms with Crippen molar-refractivity contribution in [3.05, 3.63) is 23.8 Å². The van der Waals surface area contributed by atoms with Crippen molar-refractivity contribution in [3.8, 4) is 11.5 Å². The molecule has 26 heavy (non-hydrogen) atoms. The summed E-state index contributed by atoms with van der Waals surface area (Å²) in [6, 6.07) is 5.84. The van der Waals surface area contributed by atoms with Crippen LogP contribution in [0, 0.1) is 0 Å². The Labute approximate surface area is 157 Å². The summed E-state index contributed by atoms with van der Waals surface area (Å²) in [7, 11) is 4.94. The van der Waals surface area contributed by atoms with E-state index < -0.39 is 0 Å². The summed E-state index contributed by atoms with van der Waals surface area (Å²) in [6.07, 6.45) is 2.03. The van der Waals surface area contributed by atoms with E-state index in [2.05, 4.69) is 22.5 Å². The first kappa shape index (κ1) is 22.1. The maximum absolute atomic E-state index is 5.45. The van der Waals surface area contributed by atoms with E-state index in [1.807, 2.05) is 18.2 Å². The lowest BCUT2D eigenvalue weighted by Gasteiger charge is -2.12. The molecule has 0 unspecified atom stereocenters. The predicted octanol–water partition coefficient (Wildman–Crippen LogP) is 2.20. The topological polar surface area (TPSA) is 73.3 Å². The normalized spacial score (nSPS) is 11.3. The van der Waals surface area contributed by atoms with E-state index in [1.165, 1.54) is 0 Å². The van der Waals surface area contributed by atoms with E-state index >= 15 is 0 Å². The summed E-state index contributed by atoms with van der Waals surface area (Å²) in [4.78, 5) is 4.62. The quantitative estimate of drug-likeness (QED) is 0.316. The van der Waals surface area contributed by atoms with E-state index in [0.717, 1.165) is 49.8 Å². The number of hydrogen-bond acceptors (Lipinski definition) is 5. The van der Waals surface area contributed by atoms with Crippen molar-refractivity contribution >= 4 is 5.96 Å². The molecule has 2 N–H and O–H groups in total. The average Bonchev–Trinajstić information content (AvgIpc) is 2.67. The van der Waals surface area contributed by atoms with Crippen LogP contribution in [0.15, 0.2) is 23.2 Å². The maximum Gasteiger partial charge on any atom is 0.191 e. The molecule has 1 aromatic rings. The third-order valence-electron chi connectivity index (χ3n) is 3.65. The number of rotatable bonds is 13. The number of nitrogens with zero attached hydrogens (tertiary/aromatic N) is 1. The molecule has 0 radical (unpaired) electrons. The lowest BCUT2D eigenvalue weighted by molar-refractivity contribution is 0.0689. The molecule has 0 fully saturated rings. The van der Waals surface area contributed by atoms with Crippen LogP contribution in [-0.4, -0.2) is 60.2 Å². The van der Waals surface area contributed by atoms with Crippen LogP contribution < -0.4 is 20.1 Å². The van der Waals surface area contributed by atoms with Gasteiger partial charge in [-0.3, -0.25) is 0 Å². The van der Waals surface area contributed by atoms with Crippen LogP contribution >= 0.6 is 0 Å². The number of methoxy groups -OCH3 is 3.